The van der Waals surface area contributed by atoms with Crippen LogP contribution >= 0.6 is 0 Å². The Morgan fingerprint density at radius 3 is 1.74 bits per heavy atom. The number of aromatic nitrogens is 4. The van der Waals surface area contributed by atoms with Crippen molar-refractivity contribution in [3.8, 4) is 51.3 Å². The second-order valence-electron chi connectivity index (χ2n) is 15.1. The number of benzene rings is 8. The van der Waals surface area contributed by atoms with Crippen LogP contribution in [0.5, 0.6) is 11.5 Å². The van der Waals surface area contributed by atoms with Crippen molar-refractivity contribution in [2.75, 3.05) is 0 Å². The van der Waals surface area contributed by atoms with Gasteiger partial charge in [0, 0.05) is 55.4 Å². The molecule has 270 valence electrons. The maximum absolute atomic E-state index is 6.66. The maximum Gasteiger partial charge on any atom is 0.238 e. The van der Waals surface area contributed by atoms with Crippen LogP contribution in [0.3, 0.4) is 0 Å². The monoisotopic (exact) mass is 742 g/mol. The van der Waals surface area contributed by atoms with Gasteiger partial charge in [-0.25, -0.2) is 4.98 Å². The van der Waals surface area contributed by atoms with Crippen LogP contribution in [0.2, 0.25) is 0 Å². The summed E-state index contributed by atoms with van der Waals surface area (Å²) >= 11 is 0. The lowest BCUT2D eigenvalue weighted by molar-refractivity contribution is 0.436. The minimum atomic E-state index is -0.639. The molecular formula is C52H30N4O2. The molecule has 4 heterocycles. The number of rotatable bonds is 3. The zero-order chi connectivity index (χ0) is 38.0. The number of hydrogen-bond donors (Lipinski definition) is 0. The van der Waals surface area contributed by atoms with Gasteiger partial charge in [-0.3, -0.25) is 4.57 Å². The van der Waals surface area contributed by atoms with Crippen LogP contribution in [0.15, 0.2) is 186 Å². The molecule has 1 spiro atoms. The molecule has 0 unspecified atom stereocenters. The largest absolute Gasteiger partial charge is 0.457 e. The van der Waals surface area contributed by atoms with Crippen LogP contribution < -0.4 is 4.74 Å². The fourth-order valence-corrected chi connectivity index (χ4v) is 9.76. The molecule has 8 aromatic carbocycles. The van der Waals surface area contributed by atoms with Gasteiger partial charge in [0.25, 0.3) is 0 Å². The summed E-state index contributed by atoms with van der Waals surface area (Å²) in [7, 11) is 0. The standard InChI is InChI=1S/C52H30N4O2/c1-3-15-31(16-4-1)49-53-50(32-17-5-2-6-18-32)55-51(54-49)56-42-30-46-37(33-19-8-12-24-43(33)57-46)29-36(42)34-27-28-41-47(48(34)56)35-20-7-9-21-38(35)52(41)39-22-10-13-25-44(39)58-45-26-14-11-23-40(45)52/h1-30H. The Morgan fingerprint density at radius 2 is 1.03 bits per heavy atom. The molecule has 6 nitrogen and oxygen atoms in total. The minimum absolute atomic E-state index is 0.530. The Balaban J connectivity index is 1.23. The van der Waals surface area contributed by atoms with Crippen molar-refractivity contribution >= 4 is 43.7 Å². The Morgan fingerprint density at radius 1 is 0.431 bits per heavy atom. The summed E-state index contributed by atoms with van der Waals surface area (Å²) in [5.41, 5.74) is 11.7. The molecule has 0 radical (unpaired) electrons. The first-order valence-electron chi connectivity index (χ1n) is 19.5. The molecule has 0 saturated heterocycles. The van der Waals surface area contributed by atoms with Gasteiger partial charge in [0.05, 0.1) is 16.4 Å². The molecule has 0 bridgehead atoms. The zero-order valence-corrected chi connectivity index (χ0v) is 30.9. The molecule has 58 heavy (non-hydrogen) atoms. The van der Waals surface area contributed by atoms with E-state index in [-0.39, 0.29) is 0 Å². The highest BCUT2D eigenvalue weighted by molar-refractivity contribution is 6.20. The van der Waals surface area contributed by atoms with E-state index in [2.05, 4.69) is 138 Å². The minimum Gasteiger partial charge on any atom is -0.457 e. The van der Waals surface area contributed by atoms with Crippen LogP contribution in [0.4, 0.5) is 0 Å². The van der Waals surface area contributed by atoms with Gasteiger partial charge in [-0.05, 0) is 41.0 Å². The molecular weight excluding hydrogens is 713 g/mol. The molecule has 0 amide bonds. The number of fused-ring (bicyclic) bond motifs is 16. The number of furan rings is 1. The van der Waals surface area contributed by atoms with Crippen LogP contribution in [0.1, 0.15) is 22.3 Å². The fourth-order valence-electron chi connectivity index (χ4n) is 9.76. The van der Waals surface area contributed by atoms with Crippen LogP contribution in [0.25, 0.3) is 83.6 Å². The fraction of sp³-hybridized carbons (Fsp3) is 0.0192. The van der Waals surface area contributed by atoms with Crippen molar-refractivity contribution < 1.29 is 9.15 Å². The van der Waals surface area contributed by atoms with Crippen molar-refractivity contribution in [2.45, 2.75) is 5.41 Å². The molecule has 13 rings (SSSR count). The highest BCUT2D eigenvalue weighted by atomic mass is 16.5. The Kier molecular flexibility index (Phi) is 6.28. The summed E-state index contributed by atoms with van der Waals surface area (Å²) in [4.78, 5) is 15.8. The van der Waals surface area contributed by atoms with E-state index in [1.807, 2.05) is 48.5 Å². The normalized spacial score (nSPS) is 13.4. The topological polar surface area (TPSA) is 66.0 Å². The summed E-state index contributed by atoms with van der Waals surface area (Å²) in [6.07, 6.45) is 0. The summed E-state index contributed by atoms with van der Waals surface area (Å²) in [5, 5.41) is 4.34. The molecule has 0 atom stereocenters. The van der Waals surface area contributed by atoms with Gasteiger partial charge in [-0.15, -0.1) is 0 Å². The van der Waals surface area contributed by atoms with Crippen LogP contribution in [0, 0.1) is 0 Å². The van der Waals surface area contributed by atoms with E-state index in [9.17, 15) is 0 Å². The highest BCUT2D eigenvalue weighted by Crippen LogP contribution is 2.63. The summed E-state index contributed by atoms with van der Waals surface area (Å²) in [6.45, 7) is 0. The van der Waals surface area contributed by atoms with Gasteiger partial charge >= 0.3 is 0 Å². The Labute approximate surface area is 332 Å². The SMILES string of the molecule is c1ccc(-c2nc(-c3ccccc3)nc(-n3c4cc5oc6ccccc6c5cc4c4ccc5c(c43)-c3ccccc3C53c4ccccc4Oc4ccccc43)n2)cc1. The number of hydrogen-bond acceptors (Lipinski definition) is 5. The van der Waals surface area contributed by atoms with Gasteiger partial charge in [-0.1, -0.05) is 152 Å². The molecule has 1 aliphatic heterocycles. The lowest BCUT2D eigenvalue weighted by Gasteiger charge is -2.39. The lowest BCUT2D eigenvalue weighted by atomic mass is 9.66. The van der Waals surface area contributed by atoms with Crippen LogP contribution in [-0.4, -0.2) is 19.5 Å². The summed E-state index contributed by atoms with van der Waals surface area (Å²) in [5.74, 6) is 3.44. The van der Waals surface area contributed by atoms with Crippen molar-refractivity contribution in [1.82, 2.24) is 19.5 Å². The molecule has 3 aromatic heterocycles. The highest BCUT2D eigenvalue weighted by Gasteiger charge is 2.52. The molecule has 2 aliphatic rings. The van der Waals surface area contributed by atoms with Crippen molar-refractivity contribution in [2.24, 2.45) is 0 Å². The van der Waals surface area contributed by atoms with Crippen molar-refractivity contribution in [3.63, 3.8) is 0 Å². The molecule has 6 heteroatoms. The second-order valence-corrected chi connectivity index (χ2v) is 15.1. The summed E-state index contributed by atoms with van der Waals surface area (Å²) in [6, 6.07) is 63.5. The third kappa shape index (κ3) is 4.13. The average molecular weight is 743 g/mol. The van der Waals surface area contributed by atoms with Gasteiger partial charge < -0.3 is 9.15 Å². The van der Waals surface area contributed by atoms with E-state index >= 15 is 0 Å². The predicted octanol–water partition coefficient (Wildman–Crippen LogP) is 12.7. The predicted molar refractivity (Wildman–Crippen MR) is 230 cm³/mol. The van der Waals surface area contributed by atoms with Gasteiger partial charge in [-0.2, -0.15) is 9.97 Å². The van der Waals surface area contributed by atoms with E-state index in [0.717, 1.165) is 88.6 Å². The van der Waals surface area contributed by atoms with Crippen molar-refractivity contribution in [3.05, 3.63) is 204 Å². The molecule has 1 aliphatic carbocycles. The van der Waals surface area contributed by atoms with Crippen molar-refractivity contribution in [1.29, 1.82) is 0 Å². The first-order chi connectivity index (χ1) is 28.8. The quantitative estimate of drug-likeness (QED) is 0.180. The summed E-state index contributed by atoms with van der Waals surface area (Å²) < 4.78 is 15.5. The molecule has 0 saturated carbocycles. The Bertz CT molecular complexity index is 3390. The Hall–Kier alpha value is -7.83. The second kappa shape index (κ2) is 11.6. The molecule has 0 N–H and O–H groups in total. The zero-order valence-electron chi connectivity index (χ0n) is 30.9. The number of ether oxygens (including phenoxy) is 1. The third-order valence-electron chi connectivity index (χ3n) is 12.1. The van der Waals surface area contributed by atoms with E-state index in [4.69, 9.17) is 24.1 Å². The van der Waals surface area contributed by atoms with E-state index < -0.39 is 5.41 Å². The van der Waals surface area contributed by atoms with E-state index in [1.165, 1.54) is 11.1 Å². The van der Waals surface area contributed by atoms with Gasteiger partial charge in [0.15, 0.2) is 11.6 Å². The third-order valence-corrected chi connectivity index (χ3v) is 12.1. The molecule has 0 fully saturated rings. The van der Waals surface area contributed by atoms with E-state index in [0.29, 0.717) is 17.6 Å². The van der Waals surface area contributed by atoms with Gasteiger partial charge in [0.1, 0.15) is 22.7 Å². The lowest BCUT2D eigenvalue weighted by Crippen LogP contribution is -2.32. The van der Waals surface area contributed by atoms with E-state index in [1.54, 1.807) is 0 Å². The first kappa shape index (κ1) is 31.4. The smallest absolute Gasteiger partial charge is 0.238 e. The number of nitrogens with zero attached hydrogens (tertiary/aromatic N) is 4. The van der Waals surface area contributed by atoms with Gasteiger partial charge in [0.2, 0.25) is 5.95 Å². The van der Waals surface area contributed by atoms with Crippen LogP contribution in [-0.2, 0) is 5.41 Å². The first-order valence-corrected chi connectivity index (χ1v) is 19.5. The number of para-hydroxylation sites is 3. The molecule has 11 aromatic rings. The maximum atomic E-state index is 6.66. The average Bonchev–Trinajstić information content (AvgIpc) is 3.92.